The summed E-state index contributed by atoms with van der Waals surface area (Å²) < 4.78 is 0. The number of carbonyl (C=O) groups excluding carboxylic acids is 1. The van der Waals surface area contributed by atoms with Crippen molar-refractivity contribution in [3.8, 4) is 0 Å². The summed E-state index contributed by atoms with van der Waals surface area (Å²) in [6.45, 7) is 1.61. The van der Waals surface area contributed by atoms with E-state index in [9.17, 15) is 14.9 Å². The number of nitro groups is 1. The molecule has 5 nitrogen and oxygen atoms in total. The van der Waals surface area contributed by atoms with Gasteiger partial charge >= 0.3 is 0 Å². The molecule has 0 radical (unpaired) electrons. The van der Waals surface area contributed by atoms with Gasteiger partial charge in [0.05, 0.1) is 4.92 Å². The summed E-state index contributed by atoms with van der Waals surface area (Å²) in [5, 5.41) is 10.6. The van der Waals surface area contributed by atoms with Crippen LogP contribution in [0.2, 0.25) is 0 Å². The maximum absolute atomic E-state index is 11.7. The van der Waals surface area contributed by atoms with E-state index in [-0.39, 0.29) is 11.6 Å². The Morgan fingerprint density at radius 1 is 1.33 bits per heavy atom. The van der Waals surface area contributed by atoms with E-state index >= 15 is 0 Å². The van der Waals surface area contributed by atoms with Crippen LogP contribution >= 0.6 is 0 Å². The predicted octanol–water partition coefficient (Wildman–Crippen LogP) is 2.23. The summed E-state index contributed by atoms with van der Waals surface area (Å²) in [5.41, 5.74) is 0.697. The molecule has 0 unspecified atom stereocenters. The van der Waals surface area contributed by atoms with Gasteiger partial charge in [-0.25, -0.2) is 0 Å². The number of non-ortho nitro benzene ring substituents is 1. The van der Waals surface area contributed by atoms with Crippen LogP contribution in [-0.2, 0) is 4.79 Å². The molecule has 1 heterocycles. The van der Waals surface area contributed by atoms with E-state index in [1.165, 1.54) is 18.2 Å². The second kappa shape index (κ2) is 5.44. The van der Waals surface area contributed by atoms with Gasteiger partial charge in [0, 0.05) is 31.3 Å². The van der Waals surface area contributed by atoms with E-state index in [0.29, 0.717) is 5.56 Å². The fraction of sp³-hybridized carbons (Fsp3) is 0.308. The average molecular weight is 246 g/mol. The molecule has 0 aliphatic carbocycles. The van der Waals surface area contributed by atoms with Crippen LogP contribution in [0.4, 0.5) is 5.69 Å². The number of rotatable bonds is 3. The van der Waals surface area contributed by atoms with Crippen molar-refractivity contribution in [2.75, 3.05) is 13.1 Å². The fourth-order valence-electron chi connectivity index (χ4n) is 1.95. The molecule has 0 saturated carbocycles. The summed E-state index contributed by atoms with van der Waals surface area (Å²) in [5.74, 6) is -0.0287. The Bertz CT molecular complexity index is 491. The predicted molar refractivity (Wildman–Crippen MR) is 67.9 cm³/mol. The van der Waals surface area contributed by atoms with Crippen molar-refractivity contribution < 1.29 is 9.72 Å². The molecule has 0 bridgehead atoms. The number of carbonyl (C=O) groups is 1. The van der Waals surface area contributed by atoms with Crippen molar-refractivity contribution in [3.63, 3.8) is 0 Å². The largest absolute Gasteiger partial charge is 0.339 e. The lowest BCUT2D eigenvalue weighted by molar-refractivity contribution is -0.384. The normalized spacial score (nSPS) is 15.2. The van der Waals surface area contributed by atoms with Crippen molar-refractivity contribution >= 4 is 17.7 Å². The van der Waals surface area contributed by atoms with Gasteiger partial charge in [-0.1, -0.05) is 12.1 Å². The Labute approximate surface area is 105 Å². The van der Waals surface area contributed by atoms with Crippen molar-refractivity contribution in [2.45, 2.75) is 12.8 Å². The third kappa shape index (κ3) is 2.94. The molecule has 2 rings (SSSR count). The Morgan fingerprint density at radius 3 is 2.72 bits per heavy atom. The molecule has 1 aromatic carbocycles. The van der Waals surface area contributed by atoms with Crippen LogP contribution < -0.4 is 0 Å². The lowest BCUT2D eigenvalue weighted by Crippen LogP contribution is -2.25. The molecule has 0 spiro atoms. The molecule has 1 aliphatic heterocycles. The second-order valence-electron chi connectivity index (χ2n) is 4.22. The average Bonchev–Trinajstić information content (AvgIpc) is 2.90. The van der Waals surface area contributed by atoms with Gasteiger partial charge in [-0.05, 0) is 24.5 Å². The number of hydrogen-bond donors (Lipinski definition) is 0. The highest BCUT2D eigenvalue weighted by molar-refractivity contribution is 5.92. The molecular weight excluding hydrogens is 232 g/mol. The SMILES string of the molecule is O=C(/C=C/c1cccc([N+](=O)[O-])c1)N1CCCC1. The van der Waals surface area contributed by atoms with Gasteiger partial charge in [0.15, 0.2) is 0 Å². The summed E-state index contributed by atoms with van der Waals surface area (Å²) in [7, 11) is 0. The first-order valence-corrected chi connectivity index (χ1v) is 5.88. The molecule has 1 aromatic rings. The number of nitro benzene ring substituents is 1. The third-order valence-electron chi connectivity index (χ3n) is 2.92. The molecule has 1 amide bonds. The molecular formula is C13H14N2O3. The van der Waals surface area contributed by atoms with Gasteiger partial charge in [-0.2, -0.15) is 0 Å². The minimum absolute atomic E-state index is 0.0287. The molecule has 18 heavy (non-hydrogen) atoms. The monoisotopic (exact) mass is 246 g/mol. The van der Waals surface area contributed by atoms with Gasteiger partial charge in [0.25, 0.3) is 5.69 Å². The number of amides is 1. The number of nitrogens with zero attached hydrogens (tertiary/aromatic N) is 2. The van der Waals surface area contributed by atoms with Crippen LogP contribution in [0.15, 0.2) is 30.3 Å². The van der Waals surface area contributed by atoms with Crippen molar-refractivity contribution in [3.05, 3.63) is 46.0 Å². The van der Waals surface area contributed by atoms with E-state index in [0.717, 1.165) is 25.9 Å². The Hall–Kier alpha value is -2.17. The van der Waals surface area contributed by atoms with Crippen molar-refractivity contribution in [1.82, 2.24) is 4.90 Å². The number of hydrogen-bond acceptors (Lipinski definition) is 3. The van der Waals surface area contributed by atoms with Gasteiger partial charge < -0.3 is 4.90 Å². The fourth-order valence-corrected chi connectivity index (χ4v) is 1.95. The number of likely N-dealkylation sites (tertiary alicyclic amines) is 1. The van der Waals surface area contributed by atoms with Crippen molar-refractivity contribution in [1.29, 1.82) is 0 Å². The minimum Gasteiger partial charge on any atom is -0.339 e. The van der Waals surface area contributed by atoms with Crippen LogP contribution in [0.25, 0.3) is 6.08 Å². The Morgan fingerprint density at radius 2 is 2.06 bits per heavy atom. The van der Waals surface area contributed by atoms with Crippen LogP contribution in [0, 0.1) is 10.1 Å². The highest BCUT2D eigenvalue weighted by Gasteiger charge is 2.15. The molecule has 94 valence electrons. The third-order valence-corrected chi connectivity index (χ3v) is 2.92. The molecule has 0 atom stereocenters. The molecule has 1 saturated heterocycles. The van der Waals surface area contributed by atoms with Gasteiger partial charge in [0.1, 0.15) is 0 Å². The summed E-state index contributed by atoms with van der Waals surface area (Å²) in [6, 6.07) is 6.23. The van der Waals surface area contributed by atoms with Crippen molar-refractivity contribution in [2.24, 2.45) is 0 Å². The van der Waals surface area contributed by atoms with E-state index in [2.05, 4.69) is 0 Å². The minimum atomic E-state index is -0.445. The second-order valence-corrected chi connectivity index (χ2v) is 4.22. The molecule has 5 heteroatoms. The highest BCUT2D eigenvalue weighted by Crippen LogP contribution is 2.15. The van der Waals surface area contributed by atoms with Gasteiger partial charge in [-0.15, -0.1) is 0 Å². The van der Waals surface area contributed by atoms with E-state index in [1.54, 1.807) is 23.1 Å². The smallest absolute Gasteiger partial charge is 0.270 e. The molecule has 0 N–H and O–H groups in total. The zero-order chi connectivity index (χ0) is 13.0. The quantitative estimate of drug-likeness (QED) is 0.466. The first kappa shape index (κ1) is 12.3. The standard InChI is InChI=1S/C13H14N2O3/c16-13(14-8-1-2-9-14)7-6-11-4-3-5-12(10-11)15(17)18/h3-7,10H,1-2,8-9H2/b7-6+. The zero-order valence-corrected chi connectivity index (χ0v) is 9.91. The van der Waals surface area contributed by atoms with E-state index in [1.807, 2.05) is 0 Å². The van der Waals surface area contributed by atoms with Gasteiger partial charge in [-0.3, -0.25) is 14.9 Å². The van der Waals surface area contributed by atoms with E-state index in [4.69, 9.17) is 0 Å². The molecule has 1 aliphatic rings. The van der Waals surface area contributed by atoms with Crippen LogP contribution in [-0.4, -0.2) is 28.8 Å². The highest BCUT2D eigenvalue weighted by atomic mass is 16.6. The van der Waals surface area contributed by atoms with E-state index < -0.39 is 4.92 Å². The van der Waals surface area contributed by atoms with Gasteiger partial charge in [0.2, 0.25) is 5.91 Å². The number of benzene rings is 1. The Kier molecular flexibility index (Phi) is 3.72. The lowest BCUT2D eigenvalue weighted by atomic mass is 10.2. The first-order chi connectivity index (χ1) is 8.66. The summed E-state index contributed by atoms with van der Waals surface area (Å²) >= 11 is 0. The summed E-state index contributed by atoms with van der Waals surface area (Å²) in [4.78, 5) is 23.7. The van der Waals surface area contributed by atoms with Crippen LogP contribution in [0.1, 0.15) is 18.4 Å². The lowest BCUT2D eigenvalue weighted by Gasteiger charge is -2.11. The Balaban J connectivity index is 2.06. The maximum Gasteiger partial charge on any atom is 0.270 e. The molecule has 0 aromatic heterocycles. The first-order valence-electron chi connectivity index (χ1n) is 5.88. The zero-order valence-electron chi connectivity index (χ0n) is 9.91. The molecule has 1 fully saturated rings. The topological polar surface area (TPSA) is 63.4 Å². The van der Waals surface area contributed by atoms with Crippen LogP contribution in [0.3, 0.4) is 0 Å². The van der Waals surface area contributed by atoms with Crippen LogP contribution in [0.5, 0.6) is 0 Å². The maximum atomic E-state index is 11.7. The summed E-state index contributed by atoms with van der Waals surface area (Å²) in [6.07, 6.45) is 5.20.